The molecule has 1 heterocycles. The van der Waals surface area contributed by atoms with Crippen LogP contribution in [0.5, 0.6) is 0 Å². The molecular weight excluding hydrogens is 218 g/mol. The number of benzene rings is 1. The molecule has 1 unspecified atom stereocenters. The second kappa shape index (κ2) is 3.59. The average molecular weight is 227 g/mol. The van der Waals surface area contributed by atoms with Crippen LogP contribution in [0.1, 0.15) is 22.8 Å². The van der Waals surface area contributed by atoms with Crippen molar-refractivity contribution in [3.63, 3.8) is 0 Å². The summed E-state index contributed by atoms with van der Waals surface area (Å²) >= 11 is 0. The van der Waals surface area contributed by atoms with Crippen LogP contribution in [0.3, 0.4) is 0 Å². The fourth-order valence-electron chi connectivity index (χ4n) is 2.11. The molecule has 1 aromatic heterocycles. The van der Waals surface area contributed by atoms with Crippen LogP contribution in [-0.2, 0) is 0 Å². The molecule has 17 heavy (non-hydrogen) atoms. The van der Waals surface area contributed by atoms with E-state index in [1.54, 1.807) is 6.07 Å². The molecule has 0 radical (unpaired) electrons. The van der Waals surface area contributed by atoms with Gasteiger partial charge < -0.3 is 4.42 Å². The molecule has 1 aliphatic carbocycles. The molecule has 3 rings (SSSR count). The number of fused-ring (bicyclic) bond motifs is 1. The van der Waals surface area contributed by atoms with Gasteiger partial charge in [0.25, 0.3) is 0 Å². The highest BCUT2D eigenvalue weighted by atomic mass is 16.6. The first-order valence-electron chi connectivity index (χ1n) is 5.27. The Kier molecular flexibility index (Phi) is 2.08. The normalized spacial score (nSPS) is 17.1. The average Bonchev–Trinajstić information content (AvgIpc) is 2.95. The van der Waals surface area contributed by atoms with Crippen molar-refractivity contribution in [1.29, 1.82) is 0 Å². The van der Waals surface area contributed by atoms with E-state index >= 15 is 0 Å². The molecular formula is C13H9NO3. The summed E-state index contributed by atoms with van der Waals surface area (Å²) < 4.78 is 5.24. The highest BCUT2D eigenvalue weighted by molar-refractivity contribution is 5.64. The minimum atomic E-state index is -0.520. The third kappa shape index (κ3) is 1.54. The second-order valence-electron chi connectivity index (χ2n) is 3.90. The zero-order valence-corrected chi connectivity index (χ0v) is 8.87. The summed E-state index contributed by atoms with van der Waals surface area (Å²) in [5.41, 5.74) is 2.26. The predicted molar refractivity (Wildman–Crippen MR) is 62.7 cm³/mol. The van der Waals surface area contributed by atoms with Crippen LogP contribution >= 0.6 is 0 Å². The molecule has 4 nitrogen and oxygen atoms in total. The van der Waals surface area contributed by atoms with Crippen molar-refractivity contribution in [3.05, 3.63) is 69.5 Å². The minimum Gasteiger partial charge on any atom is -0.405 e. The lowest BCUT2D eigenvalue weighted by Crippen LogP contribution is -1.93. The van der Waals surface area contributed by atoms with E-state index in [4.69, 9.17) is 4.42 Å². The van der Waals surface area contributed by atoms with Crippen molar-refractivity contribution in [3.8, 4) is 0 Å². The number of nitro groups is 1. The highest BCUT2D eigenvalue weighted by Crippen LogP contribution is 2.36. The van der Waals surface area contributed by atoms with Gasteiger partial charge in [-0.2, -0.15) is 0 Å². The van der Waals surface area contributed by atoms with E-state index in [-0.39, 0.29) is 11.8 Å². The van der Waals surface area contributed by atoms with Gasteiger partial charge in [0.15, 0.2) is 0 Å². The minimum absolute atomic E-state index is 0.0140. The Balaban J connectivity index is 2.01. The Hall–Kier alpha value is -2.36. The van der Waals surface area contributed by atoms with Crippen molar-refractivity contribution in [2.75, 3.05) is 0 Å². The molecule has 1 atom stereocenters. The van der Waals surface area contributed by atoms with Crippen LogP contribution in [0.2, 0.25) is 0 Å². The summed E-state index contributed by atoms with van der Waals surface area (Å²) in [5.74, 6) is 0.385. The van der Waals surface area contributed by atoms with Crippen LogP contribution in [-0.4, -0.2) is 4.92 Å². The molecule has 0 amide bonds. The summed E-state index contributed by atoms with van der Waals surface area (Å²) in [5, 5.41) is 10.6. The number of hydrogen-bond donors (Lipinski definition) is 0. The summed E-state index contributed by atoms with van der Waals surface area (Å²) in [4.78, 5) is 10.0. The van der Waals surface area contributed by atoms with Gasteiger partial charge in [0.2, 0.25) is 0 Å². The lowest BCUT2D eigenvalue weighted by Gasteiger charge is -2.06. The highest BCUT2D eigenvalue weighted by Gasteiger charge is 2.23. The van der Waals surface area contributed by atoms with Crippen molar-refractivity contribution in [1.82, 2.24) is 0 Å². The molecule has 1 aliphatic rings. The maximum absolute atomic E-state index is 10.6. The number of furan rings is 1. The van der Waals surface area contributed by atoms with E-state index < -0.39 is 4.92 Å². The van der Waals surface area contributed by atoms with Gasteiger partial charge in [0.05, 0.1) is 12.0 Å². The van der Waals surface area contributed by atoms with Crippen LogP contribution in [0.4, 0.5) is 5.88 Å². The lowest BCUT2D eigenvalue weighted by molar-refractivity contribution is -0.402. The molecule has 0 N–H and O–H groups in total. The zero-order valence-electron chi connectivity index (χ0n) is 8.87. The van der Waals surface area contributed by atoms with Crippen molar-refractivity contribution >= 4 is 12.0 Å². The van der Waals surface area contributed by atoms with Gasteiger partial charge in [0, 0.05) is 0 Å². The molecule has 0 saturated heterocycles. The molecule has 0 saturated carbocycles. The maximum Gasteiger partial charge on any atom is 0.433 e. The van der Waals surface area contributed by atoms with Crippen LogP contribution in [0.15, 0.2) is 46.9 Å². The van der Waals surface area contributed by atoms with Gasteiger partial charge in [0.1, 0.15) is 10.7 Å². The Morgan fingerprint density at radius 1 is 1.18 bits per heavy atom. The number of rotatable bonds is 2. The van der Waals surface area contributed by atoms with E-state index in [0.29, 0.717) is 5.76 Å². The molecule has 84 valence electrons. The number of nitrogens with zero attached hydrogens (tertiary/aromatic N) is 1. The number of hydrogen-bond acceptors (Lipinski definition) is 3. The quantitative estimate of drug-likeness (QED) is 0.584. The fraction of sp³-hybridized carbons (Fsp3) is 0.0769. The van der Waals surface area contributed by atoms with Crippen molar-refractivity contribution in [2.45, 2.75) is 5.92 Å². The van der Waals surface area contributed by atoms with E-state index in [0.717, 1.165) is 11.1 Å². The van der Waals surface area contributed by atoms with Gasteiger partial charge in [-0.1, -0.05) is 36.4 Å². The van der Waals surface area contributed by atoms with Crippen LogP contribution in [0, 0.1) is 10.1 Å². The second-order valence-corrected chi connectivity index (χ2v) is 3.90. The molecule has 0 aliphatic heterocycles. The van der Waals surface area contributed by atoms with Gasteiger partial charge in [-0.15, -0.1) is 0 Å². The summed E-state index contributed by atoms with van der Waals surface area (Å²) in [6, 6.07) is 11.0. The Bertz CT molecular complexity index is 613. The molecule has 0 fully saturated rings. The van der Waals surface area contributed by atoms with Gasteiger partial charge in [-0.3, -0.25) is 10.1 Å². The molecule has 4 heteroatoms. The first kappa shape index (κ1) is 9.84. The first-order valence-corrected chi connectivity index (χ1v) is 5.27. The molecule has 0 spiro atoms. The zero-order chi connectivity index (χ0) is 11.8. The van der Waals surface area contributed by atoms with Crippen LogP contribution < -0.4 is 0 Å². The molecule has 2 aromatic rings. The number of allylic oxidation sites excluding steroid dienone is 1. The van der Waals surface area contributed by atoms with Crippen LogP contribution in [0.25, 0.3) is 6.08 Å². The first-order chi connectivity index (χ1) is 8.25. The summed E-state index contributed by atoms with van der Waals surface area (Å²) in [6.07, 6.45) is 4.00. The van der Waals surface area contributed by atoms with Gasteiger partial charge in [-0.05, 0) is 17.2 Å². The van der Waals surface area contributed by atoms with Crippen molar-refractivity contribution in [2.24, 2.45) is 0 Å². The topological polar surface area (TPSA) is 56.3 Å². The maximum atomic E-state index is 10.6. The monoisotopic (exact) mass is 227 g/mol. The Labute approximate surface area is 97.3 Å². The summed E-state index contributed by atoms with van der Waals surface area (Å²) in [6.45, 7) is 0. The largest absolute Gasteiger partial charge is 0.433 e. The van der Waals surface area contributed by atoms with Gasteiger partial charge >= 0.3 is 5.88 Å². The Morgan fingerprint density at radius 2 is 2.00 bits per heavy atom. The summed E-state index contributed by atoms with van der Waals surface area (Å²) in [7, 11) is 0. The van der Waals surface area contributed by atoms with E-state index in [2.05, 4.69) is 0 Å². The Morgan fingerprint density at radius 3 is 2.76 bits per heavy atom. The van der Waals surface area contributed by atoms with Gasteiger partial charge in [-0.25, -0.2) is 0 Å². The standard InChI is InChI=1S/C13H9NO3/c15-14(16)13-8-7-12(17-13)11-6-5-9-3-1-2-4-10(9)11/h1-8,11H. The van der Waals surface area contributed by atoms with E-state index in [1.807, 2.05) is 36.4 Å². The molecule has 0 bridgehead atoms. The van der Waals surface area contributed by atoms with E-state index in [9.17, 15) is 10.1 Å². The smallest absolute Gasteiger partial charge is 0.405 e. The third-order valence-electron chi connectivity index (χ3n) is 2.90. The predicted octanol–water partition coefficient (Wildman–Crippen LogP) is 3.35. The SMILES string of the molecule is O=[N+]([O-])c1ccc(C2C=Cc3ccccc32)o1. The lowest BCUT2D eigenvalue weighted by atomic mass is 9.99. The fourth-order valence-corrected chi connectivity index (χ4v) is 2.11. The van der Waals surface area contributed by atoms with E-state index in [1.165, 1.54) is 6.07 Å². The van der Waals surface area contributed by atoms with Crippen molar-refractivity contribution < 1.29 is 9.34 Å². The molecule has 1 aromatic carbocycles. The third-order valence-corrected chi connectivity index (χ3v) is 2.90.